The Labute approximate surface area is 92.2 Å². The Hall–Kier alpha value is -0.730. The SMILES string of the molecule is CC(C)OC(=O)C1OC(O)C(O)[C@@H](O)[C@@H]1O. The summed E-state index contributed by atoms with van der Waals surface area (Å²) in [5.74, 6) is -0.896. The van der Waals surface area contributed by atoms with E-state index in [1.165, 1.54) is 0 Å². The van der Waals surface area contributed by atoms with Gasteiger partial charge < -0.3 is 29.9 Å². The van der Waals surface area contributed by atoms with Crippen molar-refractivity contribution in [3.05, 3.63) is 0 Å². The fraction of sp³-hybridized carbons (Fsp3) is 0.889. The summed E-state index contributed by atoms with van der Waals surface area (Å²) < 4.78 is 9.43. The predicted octanol–water partition coefficient (Wildman–Crippen LogP) is -2.26. The molecule has 0 saturated carbocycles. The highest BCUT2D eigenvalue weighted by Gasteiger charge is 2.47. The summed E-state index contributed by atoms with van der Waals surface area (Å²) in [6.07, 6.45) is -8.60. The van der Waals surface area contributed by atoms with Gasteiger partial charge in [0.05, 0.1) is 6.10 Å². The topological polar surface area (TPSA) is 116 Å². The molecule has 0 aliphatic carbocycles. The second-order valence-electron chi connectivity index (χ2n) is 3.90. The maximum absolute atomic E-state index is 11.4. The van der Waals surface area contributed by atoms with Crippen molar-refractivity contribution in [3.63, 3.8) is 0 Å². The van der Waals surface area contributed by atoms with Gasteiger partial charge in [-0.1, -0.05) is 0 Å². The second kappa shape index (κ2) is 5.07. The molecular formula is C9H16O7. The van der Waals surface area contributed by atoms with Crippen molar-refractivity contribution in [2.24, 2.45) is 0 Å². The highest BCUT2D eigenvalue weighted by Crippen LogP contribution is 2.21. The summed E-state index contributed by atoms with van der Waals surface area (Å²) in [6.45, 7) is 3.21. The molecule has 0 amide bonds. The summed E-state index contributed by atoms with van der Waals surface area (Å²) >= 11 is 0. The Kier molecular flexibility index (Phi) is 4.22. The van der Waals surface area contributed by atoms with Crippen molar-refractivity contribution in [3.8, 4) is 0 Å². The Balaban J connectivity index is 2.70. The molecule has 94 valence electrons. The lowest BCUT2D eigenvalue weighted by Gasteiger charge is -2.37. The van der Waals surface area contributed by atoms with E-state index in [1.54, 1.807) is 13.8 Å². The van der Waals surface area contributed by atoms with Crippen LogP contribution in [0.15, 0.2) is 0 Å². The molecule has 1 heterocycles. The standard InChI is InChI=1S/C9H16O7/c1-3(2)15-9(14)7-5(11)4(10)6(12)8(13)16-7/h3-8,10-13H,1-2H3/t4-,5-,6?,7?,8?/m0/s1. The molecule has 7 heteroatoms. The lowest BCUT2D eigenvalue weighted by Crippen LogP contribution is -2.60. The van der Waals surface area contributed by atoms with Crippen molar-refractivity contribution in [1.29, 1.82) is 0 Å². The maximum atomic E-state index is 11.4. The van der Waals surface area contributed by atoms with E-state index >= 15 is 0 Å². The Bertz CT molecular complexity index is 254. The fourth-order valence-electron chi connectivity index (χ4n) is 1.36. The third kappa shape index (κ3) is 2.69. The van der Waals surface area contributed by atoms with E-state index in [1.807, 2.05) is 0 Å². The van der Waals surface area contributed by atoms with Crippen LogP contribution in [0, 0.1) is 0 Å². The Morgan fingerprint density at radius 2 is 1.69 bits per heavy atom. The summed E-state index contributed by atoms with van der Waals surface area (Å²) in [5, 5.41) is 37.1. The van der Waals surface area contributed by atoms with E-state index in [4.69, 9.17) is 14.9 Å². The van der Waals surface area contributed by atoms with Crippen molar-refractivity contribution < 1.29 is 34.7 Å². The number of hydrogen-bond acceptors (Lipinski definition) is 7. The second-order valence-corrected chi connectivity index (χ2v) is 3.90. The fourth-order valence-corrected chi connectivity index (χ4v) is 1.36. The zero-order chi connectivity index (χ0) is 12.5. The van der Waals surface area contributed by atoms with Gasteiger partial charge in [0.25, 0.3) is 0 Å². The van der Waals surface area contributed by atoms with Crippen LogP contribution in [0.1, 0.15) is 13.8 Å². The van der Waals surface area contributed by atoms with E-state index in [0.29, 0.717) is 0 Å². The molecule has 1 saturated heterocycles. The first-order valence-electron chi connectivity index (χ1n) is 4.92. The summed E-state index contributed by atoms with van der Waals surface area (Å²) in [6, 6.07) is 0. The molecule has 4 N–H and O–H groups in total. The zero-order valence-electron chi connectivity index (χ0n) is 8.98. The monoisotopic (exact) mass is 236 g/mol. The molecule has 5 atom stereocenters. The highest BCUT2D eigenvalue weighted by molar-refractivity contribution is 5.76. The molecule has 1 fully saturated rings. The minimum absolute atomic E-state index is 0.413. The van der Waals surface area contributed by atoms with Crippen LogP contribution in [0.2, 0.25) is 0 Å². The van der Waals surface area contributed by atoms with Gasteiger partial charge in [0.1, 0.15) is 18.3 Å². The molecule has 0 aromatic rings. The Morgan fingerprint density at radius 1 is 1.12 bits per heavy atom. The molecule has 0 aromatic carbocycles. The Morgan fingerprint density at radius 3 is 2.19 bits per heavy atom. The lowest BCUT2D eigenvalue weighted by molar-refractivity contribution is -0.281. The molecule has 0 aromatic heterocycles. The lowest BCUT2D eigenvalue weighted by atomic mass is 9.99. The molecule has 1 rings (SSSR count). The van der Waals surface area contributed by atoms with Crippen LogP contribution in [0.25, 0.3) is 0 Å². The van der Waals surface area contributed by atoms with E-state index in [2.05, 4.69) is 4.74 Å². The number of ether oxygens (including phenoxy) is 2. The highest BCUT2D eigenvalue weighted by atomic mass is 16.7. The van der Waals surface area contributed by atoms with Crippen LogP contribution < -0.4 is 0 Å². The summed E-state index contributed by atoms with van der Waals surface area (Å²) in [7, 11) is 0. The van der Waals surface area contributed by atoms with Gasteiger partial charge in [-0.05, 0) is 13.8 Å². The number of aliphatic hydroxyl groups is 4. The van der Waals surface area contributed by atoms with Crippen molar-refractivity contribution in [1.82, 2.24) is 0 Å². The van der Waals surface area contributed by atoms with E-state index in [0.717, 1.165) is 0 Å². The minimum atomic E-state index is -1.73. The van der Waals surface area contributed by atoms with Gasteiger partial charge >= 0.3 is 5.97 Å². The smallest absolute Gasteiger partial charge is 0.338 e. The average Bonchev–Trinajstić information content (AvgIpc) is 2.19. The van der Waals surface area contributed by atoms with Gasteiger partial charge in [-0.25, -0.2) is 4.79 Å². The van der Waals surface area contributed by atoms with Crippen LogP contribution in [0.3, 0.4) is 0 Å². The van der Waals surface area contributed by atoms with Gasteiger partial charge in [0, 0.05) is 0 Å². The first-order valence-corrected chi connectivity index (χ1v) is 4.92. The number of esters is 1. The van der Waals surface area contributed by atoms with Gasteiger partial charge in [0.2, 0.25) is 0 Å². The zero-order valence-corrected chi connectivity index (χ0v) is 8.98. The minimum Gasteiger partial charge on any atom is -0.461 e. The van der Waals surface area contributed by atoms with Gasteiger partial charge in [-0.3, -0.25) is 0 Å². The largest absolute Gasteiger partial charge is 0.461 e. The average molecular weight is 236 g/mol. The van der Waals surface area contributed by atoms with Crippen molar-refractivity contribution in [2.45, 2.75) is 50.7 Å². The predicted molar refractivity (Wildman–Crippen MR) is 50.1 cm³/mol. The quantitative estimate of drug-likeness (QED) is 0.400. The van der Waals surface area contributed by atoms with Gasteiger partial charge in [0.15, 0.2) is 12.4 Å². The summed E-state index contributed by atoms with van der Waals surface area (Å²) in [5.41, 5.74) is 0. The van der Waals surface area contributed by atoms with Crippen molar-refractivity contribution >= 4 is 5.97 Å². The molecule has 0 bridgehead atoms. The molecule has 16 heavy (non-hydrogen) atoms. The molecule has 3 unspecified atom stereocenters. The number of aliphatic hydroxyl groups excluding tert-OH is 4. The maximum Gasteiger partial charge on any atom is 0.338 e. The molecule has 1 aliphatic rings. The van der Waals surface area contributed by atoms with Crippen LogP contribution in [-0.4, -0.2) is 63.2 Å². The molecule has 0 radical (unpaired) electrons. The number of carbonyl (C=O) groups is 1. The van der Waals surface area contributed by atoms with Crippen molar-refractivity contribution in [2.75, 3.05) is 0 Å². The van der Waals surface area contributed by atoms with E-state index < -0.39 is 42.8 Å². The molecule has 1 aliphatic heterocycles. The molecule has 7 nitrogen and oxygen atoms in total. The third-order valence-electron chi connectivity index (χ3n) is 2.17. The summed E-state index contributed by atoms with van der Waals surface area (Å²) in [4.78, 5) is 11.4. The van der Waals surface area contributed by atoms with E-state index in [-0.39, 0.29) is 0 Å². The first kappa shape index (κ1) is 13.3. The molecule has 0 spiro atoms. The normalized spacial score (nSPS) is 39.8. The van der Waals surface area contributed by atoms with Gasteiger partial charge in [-0.2, -0.15) is 0 Å². The van der Waals surface area contributed by atoms with Crippen LogP contribution >= 0.6 is 0 Å². The van der Waals surface area contributed by atoms with Gasteiger partial charge in [-0.15, -0.1) is 0 Å². The van der Waals surface area contributed by atoms with Crippen LogP contribution in [-0.2, 0) is 14.3 Å². The van der Waals surface area contributed by atoms with Crippen LogP contribution in [0.4, 0.5) is 0 Å². The third-order valence-corrected chi connectivity index (χ3v) is 2.17. The van der Waals surface area contributed by atoms with Crippen LogP contribution in [0.5, 0.6) is 0 Å². The molecular weight excluding hydrogens is 220 g/mol. The number of rotatable bonds is 2. The number of hydrogen-bond donors (Lipinski definition) is 4. The van der Waals surface area contributed by atoms with E-state index in [9.17, 15) is 15.0 Å². The number of carbonyl (C=O) groups excluding carboxylic acids is 1. The first-order chi connectivity index (χ1) is 7.34.